The molecule has 7 nitrogen and oxygen atoms in total. The highest BCUT2D eigenvalue weighted by Gasteiger charge is 2.26. The van der Waals surface area contributed by atoms with E-state index < -0.39 is 0 Å². The largest absolute Gasteiger partial charge is 0.481 e. The van der Waals surface area contributed by atoms with Crippen molar-refractivity contribution in [2.45, 2.75) is 25.7 Å². The molecule has 1 aliphatic heterocycles. The predicted molar refractivity (Wildman–Crippen MR) is 100 cm³/mol. The van der Waals surface area contributed by atoms with Crippen LogP contribution in [0.3, 0.4) is 0 Å². The van der Waals surface area contributed by atoms with E-state index in [0.717, 1.165) is 42.8 Å². The zero-order chi connectivity index (χ0) is 18.1. The summed E-state index contributed by atoms with van der Waals surface area (Å²) in [5, 5.41) is 0. The number of aryl methyl sites for hydroxylation is 1. The Morgan fingerprint density at radius 3 is 2.58 bits per heavy atom. The molecule has 2 aromatic heterocycles. The third-order valence-corrected chi connectivity index (χ3v) is 4.83. The number of anilines is 1. The van der Waals surface area contributed by atoms with Gasteiger partial charge in [-0.1, -0.05) is 6.07 Å². The molecule has 0 aliphatic carbocycles. The van der Waals surface area contributed by atoms with Crippen LogP contribution < -0.4 is 14.4 Å². The fraction of sp³-hybridized carbons (Fsp3) is 0.421. The summed E-state index contributed by atoms with van der Waals surface area (Å²) in [4.78, 5) is 19.5. The number of hydrogen-bond acceptors (Lipinski definition) is 6. The minimum absolute atomic E-state index is 0.317. The molecule has 136 valence electrons. The van der Waals surface area contributed by atoms with Crippen molar-refractivity contribution in [3.63, 3.8) is 0 Å². The van der Waals surface area contributed by atoms with Gasteiger partial charge in [0.2, 0.25) is 17.7 Å². The summed E-state index contributed by atoms with van der Waals surface area (Å²) in [6.45, 7) is 3.82. The van der Waals surface area contributed by atoms with Crippen molar-refractivity contribution < 1.29 is 9.47 Å². The number of H-pyrrole nitrogens is 1. The average molecular weight is 353 g/mol. The molecule has 1 saturated heterocycles. The van der Waals surface area contributed by atoms with Crippen LogP contribution in [0.5, 0.6) is 11.8 Å². The number of nitrogens with one attached hydrogen (secondary N) is 1. The Bertz CT molecular complexity index is 901. The van der Waals surface area contributed by atoms with E-state index in [1.807, 2.05) is 0 Å². The van der Waals surface area contributed by atoms with Crippen LogP contribution in [0.25, 0.3) is 11.0 Å². The normalized spacial score (nSPS) is 17.5. The molecule has 0 saturated carbocycles. The molecule has 0 radical (unpaired) electrons. The first-order valence-electron chi connectivity index (χ1n) is 8.84. The van der Waals surface area contributed by atoms with Crippen LogP contribution in [0.4, 0.5) is 5.95 Å². The van der Waals surface area contributed by atoms with Gasteiger partial charge in [0.05, 0.1) is 31.3 Å². The number of piperidine rings is 1. The summed E-state index contributed by atoms with van der Waals surface area (Å²) in [6, 6.07) is 7.99. The van der Waals surface area contributed by atoms with Crippen molar-refractivity contribution in [2.24, 2.45) is 0 Å². The highest BCUT2D eigenvalue weighted by molar-refractivity contribution is 5.75. The Morgan fingerprint density at radius 2 is 1.85 bits per heavy atom. The van der Waals surface area contributed by atoms with E-state index in [1.165, 1.54) is 5.56 Å². The molecule has 0 bridgehead atoms. The van der Waals surface area contributed by atoms with E-state index in [9.17, 15) is 0 Å². The van der Waals surface area contributed by atoms with E-state index in [0.29, 0.717) is 23.6 Å². The van der Waals surface area contributed by atoms with Crippen molar-refractivity contribution in [1.82, 2.24) is 19.9 Å². The van der Waals surface area contributed by atoms with Crippen LogP contribution in [-0.4, -0.2) is 47.2 Å². The standard InChI is InChI=1S/C19H23N5O2/c1-12-6-7-14-15(9-12)21-18(20-14)13-5-4-8-24(11-13)19-22-16(25-2)10-17(23-19)26-3/h6-7,9-10,13H,4-5,8,11H2,1-3H3,(H,20,21). The van der Waals surface area contributed by atoms with E-state index in [2.05, 4.69) is 45.0 Å². The lowest BCUT2D eigenvalue weighted by Crippen LogP contribution is -2.36. The van der Waals surface area contributed by atoms with Crippen LogP contribution in [0, 0.1) is 6.92 Å². The SMILES string of the molecule is COc1cc(OC)nc(N2CCCC(c3nc4ccc(C)cc4[nH]3)C2)n1. The fourth-order valence-corrected chi connectivity index (χ4v) is 3.46. The molecule has 4 rings (SSSR count). The second kappa shape index (κ2) is 6.82. The van der Waals surface area contributed by atoms with Gasteiger partial charge >= 0.3 is 0 Å². The third kappa shape index (κ3) is 3.16. The van der Waals surface area contributed by atoms with Gasteiger partial charge in [-0.25, -0.2) is 4.98 Å². The Labute approximate surface area is 152 Å². The first kappa shape index (κ1) is 16.6. The Balaban J connectivity index is 1.60. The van der Waals surface area contributed by atoms with E-state index in [-0.39, 0.29) is 0 Å². The summed E-state index contributed by atoms with van der Waals surface area (Å²) in [5.41, 5.74) is 3.34. The van der Waals surface area contributed by atoms with E-state index in [1.54, 1.807) is 20.3 Å². The molecule has 3 aromatic rings. The number of fused-ring (bicyclic) bond motifs is 1. The van der Waals surface area contributed by atoms with Gasteiger partial charge in [0, 0.05) is 19.0 Å². The summed E-state index contributed by atoms with van der Waals surface area (Å²) < 4.78 is 10.5. The number of methoxy groups -OCH3 is 2. The Kier molecular flexibility index (Phi) is 4.36. The molecule has 1 N–H and O–H groups in total. The van der Waals surface area contributed by atoms with E-state index in [4.69, 9.17) is 14.5 Å². The van der Waals surface area contributed by atoms with Crippen molar-refractivity contribution in [1.29, 1.82) is 0 Å². The van der Waals surface area contributed by atoms with Gasteiger partial charge in [-0.15, -0.1) is 0 Å². The number of rotatable bonds is 4. The molecule has 26 heavy (non-hydrogen) atoms. The van der Waals surface area contributed by atoms with Gasteiger partial charge < -0.3 is 19.4 Å². The van der Waals surface area contributed by atoms with Crippen molar-refractivity contribution in [3.05, 3.63) is 35.7 Å². The fourth-order valence-electron chi connectivity index (χ4n) is 3.46. The maximum atomic E-state index is 5.27. The zero-order valence-corrected chi connectivity index (χ0v) is 15.3. The first-order valence-corrected chi connectivity index (χ1v) is 8.84. The summed E-state index contributed by atoms with van der Waals surface area (Å²) in [5.74, 6) is 3.00. The number of aromatic nitrogens is 4. The molecule has 1 atom stereocenters. The number of aromatic amines is 1. The number of ether oxygens (including phenoxy) is 2. The molecular weight excluding hydrogens is 330 g/mol. The summed E-state index contributed by atoms with van der Waals surface area (Å²) >= 11 is 0. The molecule has 1 unspecified atom stereocenters. The van der Waals surface area contributed by atoms with Gasteiger partial charge in [0.15, 0.2) is 0 Å². The lowest BCUT2D eigenvalue weighted by molar-refractivity contribution is 0.370. The van der Waals surface area contributed by atoms with Crippen molar-refractivity contribution in [2.75, 3.05) is 32.2 Å². The molecule has 0 spiro atoms. The summed E-state index contributed by atoms with van der Waals surface area (Å²) in [7, 11) is 3.20. The number of hydrogen-bond donors (Lipinski definition) is 1. The van der Waals surface area contributed by atoms with Crippen LogP contribution >= 0.6 is 0 Å². The van der Waals surface area contributed by atoms with Crippen LogP contribution in [0.1, 0.15) is 30.1 Å². The molecule has 1 aromatic carbocycles. The van der Waals surface area contributed by atoms with Crippen LogP contribution in [0.15, 0.2) is 24.3 Å². The van der Waals surface area contributed by atoms with Crippen molar-refractivity contribution >= 4 is 17.0 Å². The highest BCUT2D eigenvalue weighted by Crippen LogP contribution is 2.30. The minimum Gasteiger partial charge on any atom is -0.481 e. The monoisotopic (exact) mass is 353 g/mol. The van der Waals surface area contributed by atoms with Crippen LogP contribution in [0.2, 0.25) is 0 Å². The lowest BCUT2D eigenvalue weighted by Gasteiger charge is -2.32. The Hall–Kier alpha value is -2.83. The van der Waals surface area contributed by atoms with Gasteiger partial charge in [-0.05, 0) is 37.5 Å². The number of nitrogens with zero attached hydrogens (tertiary/aromatic N) is 4. The molecule has 7 heteroatoms. The lowest BCUT2D eigenvalue weighted by atomic mass is 9.97. The topological polar surface area (TPSA) is 76.2 Å². The van der Waals surface area contributed by atoms with Crippen LogP contribution in [-0.2, 0) is 0 Å². The first-order chi connectivity index (χ1) is 12.7. The van der Waals surface area contributed by atoms with E-state index >= 15 is 0 Å². The van der Waals surface area contributed by atoms with Gasteiger partial charge in [-0.3, -0.25) is 0 Å². The molecule has 3 heterocycles. The maximum absolute atomic E-state index is 5.27. The zero-order valence-electron chi connectivity index (χ0n) is 15.3. The second-order valence-electron chi connectivity index (χ2n) is 6.68. The summed E-state index contributed by atoms with van der Waals surface area (Å²) in [6.07, 6.45) is 2.15. The van der Waals surface area contributed by atoms with Gasteiger partial charge in [0.25, 0.3) is 0 Å². The van der Waals surface area contributed by atoms with Gasteiger partial charge in [0.1, 0.15) is 5.82 Å². The Morgan fingerprint density at radius 1 is 1.08 bits per heavy atom. The molecule has 1 aliphatic rings. The van der Waals surface area contributed by atoms with Gasteiger partial charge in [-0.2, -0.15) is 9.97 Å². The number of imidazole rings is 1. The molecule has 1 fully saturated rings. The minimum atomic E-state index is 0.317. The quantitative estimate of drug-likeness (QED) is 0.777. The van der Waals surface area contributed by atoms with Crippen molar-refractivity contribution in [3.8, 4) is 11.8 Å². The molecule has 0 amide bonds. The predicted octanol–water partition coefficient (Wildman–Crippen LogP) is 3.06. The molecular formula is C19H23N5O2. The third-order valence-electron chi connectivity index (χ3n) is 4.83. The second-order valence-corrected chi connectivity index (χ2v) is 6.68. The smallest absolute Gasteiger partial charge is 0.231 e. The highest BCUT2D eigenvalue weighted by atomic mass is 16.5. The maximum Gasteiger partial charge on any atom is 0.231 e. The number of benzene rings is 1. The average Bonchev–Trinajstić information content (AvgIpc) is 3.10.